The van der Waals surface area contributed by atoms with Crippen molar-refractivity contribution in [1.82, 2.24) is 9.88 Å². The van der Waals surface area contributed by atoms with Gasteiger partial charge in [0.1, 0.15) is 6.10 Å². The zero-order valence-electron chi connectivity index (χ0n) is 9.73. The van der Waals surface area contributed by atoms with Crippen molar-refractivity contribution in [2.45, 2.75) is 12.5 Å². The third kappa shape index (κ3) is 3.59. The van der Waals surface area contributed by atoms with Crippen LogP contribution in [0.25, 0.3) is 0 Å². The number of halogens is 1. The van der Waals surface area contributed by atoms with Crippen molar-refractivity contribution in [3.8, 4) is 0 Å². The van der Waals surface area contributed by atoms with Gasteiger partial charge < -0.3 is 9.64 Å². The number of Topliss-reactive ketones (excluding diaryl/α,β-unsaturated/α-hetero) is 1. The van der Waals surface area contributed by atoms with Crippen molar-refractivity contribution in [2.75, 3.05) is 26.7 Å². The lowest BCUT2D eigenvalue weighted by Crippen LogP contribution is -2.44. The average Bonchev–Trinajstić information content (AvgIpc) is 2.32. The second kappa shape index (κ2) is 5.71. The minimum Gasteiger partial charge on any atom is -0.368 e. The maximum absolute atomic E-state index is 12.0. The number of carbonyl (C=O) groups is 1. The number of nitrogens with zero attached hydrogens (tertiary/aromatic N) is 2. The first-order chi connectivity index (χ1) is 8.15. The molecule has 17 heavy (non-hydrogen) atoms. The van der Waals surface area contributed by atoms with Crippen LogP contribution in [0.1, 0.15) is 5.69 Å². The molecule has 0 aliphatic carbocycles. The summed E-state index contributed by atoms with van der Waals surface area (Å²) in [6.07, 6.45) is 1.74. The summed E-state index contributed by atoms with van der Waals surface area (Å²) in [5.74, 6) is 0.103. The molecule has 92 valence electrons. The van der Waals surface area contributed by atoms with Gasteiger partial charge in [-0.2, -0.15) is 0 Å². The fraction of sp³-hybridized carbons (Fsp3) is 0.500. The quantitative estimate of drug-likeness (QED) is 0.843. The highest BCUT2D eigenvalue weighted by atomic mass is 79.9. The normalized spacial score (nSPS) is 21.4. The summed E-state index contributed by atoms with van der Waals surface area (Å²) < 4.78 is 6.40. The Labute approximate surface area is 109 Å². The maximum atomic E-state index is 12.0. The SMILES string of the molecule is CN1CCOC(C(=O)Cc2ccc(Br)cn2)C1. The lowest BCUT2D eigenvalue weighted by molar-refractivity contribution is -0.134. The highest BCUT2D eigenvalue weighted by molar-refractivity contribution is 9.10. The smallest absolute Gasteiger partial charge is 0.168 e. The molecule has 0 radical (unpaired) electrons. The molecule has 0 aromatic carbocycles. The van der Waals surface area contributed by atoms with Crippen LogP contribution in [0.4, 0.5) is 0 Å². The number of hydrogen-bond donors (Lipinski definition) is 0. The van der Waals surface area contributed by atoms with E-state index in [1.807, 2.05) is 19.2 Å². The van der Waals surface area contributed by atoms with Crippen LogP contribution in [0.5, 0.6) is 0 Å². The molecular weight excluding hydrogens is 284 g/mol. The van der Waals surface area contributed by atoms with E-state index >= 15 is 0 Å². The Morgan fingerprint density at radius 2 is 2.47 bits per heavy atom. The number of aromatic nitrogens is 1. The largest absolute Gasteiger partial charge is 0.368 e. The first-order valence-corrected chi connectivity index (χ1v) is 6.38. The summed E-state index contributed by atoms with van der Waals surface area (Å²) in [5, 5.41) is 0. The van der Waals surface area contributed by atoms with E-state index in [9.17, 15) is 4.79 Å². The second-order valence-electron chi connectivity index (χ2n) is 4.23. The van der Waals surface area contributed by atoms with Crippen molar-refractivity contribution in [3.05, 3.63) is 28.5 Å². The van der Waals surface area contributed by atoms with Gasteiger partial charge in [0.25, 0.3) is 0 Å². The van der Waals surface area contributed by atoms with Crippen LogP contribution in [0.3, 0.4) is 0 Å². The van der Waals surface area contributed by atoms with Crippen LogP contribution in [-0.2, 0) is 16.0 Å². The Kier molecular flexibility index (Phi) is 4.25. The summed E-state index contributed by atoms with van der Waals surface area (Å²) >= 11 is 3.32. The van der Waals surface area contributed by atoms with E-state index < -0.39 is 0 Å². The van der Waals surface area contributed by atoms with E-state index in [1.165, 1.54) is 0 Å². The highest BCUT2D eigenvalue weighted by Crippen LogP contribution is 2.10. The number of ketones is 1. The Balaban J connectivity index is 1.94. The van der Waals surface area contributed by atoms with Crippen LogP contribution >= 0.6 is 15.9 Å². The molecule has 0 N–H and O–H groups in total. The molecule has 1 fully saturated rings. The van der Waals surface area contributed by atoms with E-state index in [1.54, 1.807) is 6.20 Å². The Bertz CT molecular complexity index is 394. The van der Waals surface area contributed by atoms with Crippen LogP contribution in [0.2, 0.25) is 0 Å². The third-order valence-electron chi connectivity index (χ3n) is 2.77. The zero-order chi connectivity index (χ0) is 12.3. The second-order valence-corrected chi connectivity index (χ2v) is 5.15. The predicted molar refractivity (Wildman–Crippen MR) is 67.9 cm³/mol. The molecule has 5 heteroatoms. The standard InChI is InChI=1S/C12H15BrN2O2/c1-15-4-5-17-12(8-15)11(16)6-10-3-2-9(13)7-14-10/h2-3,7,12H,4-6,8H2,1H3. The molecule has 1 atom stereocenters. The Hall–Kier alpha value is -0.780. The first kappa shape index (κ1) is 12.7. The summed E-state index contributed by atoms with van der Waals surface area (Å²) in [4.78, 5) is 18.3. The molecule has 1 aliphatic rings. The van der Waals surface area contributed by atoms with E-state index in [-0.39, 0.29) is 11.9 Å². The van der Waals surface area contributed by atoms with Crippen LogP contribution in [0.15, 0.2) is 22.8 Å². The fourth-order valence-electron chi connectivity index (χ4n) is 1.78. The van der Waals surface area contributed by atoms with Crippen molar-refractivity contribution in [2.24, 2.45) is 0 Å². The number of ether oxygens (including phenoxy) is 1. The topological polar surface area (TPSA) is 42.4 Å². The number of rotatable bonds is 3. The van der Waals surface area contributed by atoms with Gasteiger partial charge in [-0.05, 0) is 35.1 Å². The van der Waals surface area contributed by atoms with Crippen molar-refractivity contribution >= 4 is 21.7 Å². The van der Waals surface area contributed by atoms with E-state index in [2.05, 4.69) is 25.8 Å². The predicted octanol–water partition coefficient (Wildman–Crippen LogP) is 1.29. The minimum atomic E-state index is -0.306. The van der Waals surface area contributed by atoms with Crippen molar-refractivity contribution in [3.63, 3.8) is 0 Å². The summed E-state index contributed by atoms with van der Waals surface area (Å²) in [7, 11) is 2.00. The summed E-state index contributed by atoms with van der Waals surface area (Å²) in [6.45, 7) is 2.19. The fourth-order valence-corrected chi connectivity index (χ4v) is 2.01. The first-order valence-electron chi connectivity index (χ1n) is 5.58. The molecule has 0 spiro atoms. The molecule has 2 rings (SSSR count). The van der Waals surface area contributed by atoms with Gasteiger partial charge in [0.15, 0.2) is 5.78 Å². The maximum Gasteiger partial charge on any atom is 0.168 e. The molecule has 4 nitrogen and oxygen atoms in total. The van der Waals surface area contributed by atoms with E-state index in [0.717, 1.165) is 16.7 Å². The number of carbonyl (C=O) groups excluding carboxylic acids is 1. The molecule has 1 aliphatic heterocycles. The number of likely N-dealkylation sites (N-methyl/N-ethyl adjacent to an activating group) is 1. The van der Waals surface area contributed by atoms with Crippen molar-refractivity contribution < 1.29 is 9.53 Å². The molecule has 1 saturated heterocycles. The van der Waals surface area contributed by atoms with Gasteiger partial charge in [0.05, 0.1) is 13.0 Å². The average molecular weight is 299 g/mol. The minimum absolute atomic E-state index is 0.103. The number of hydrogen-bond acceptors (Lipinski definition) is 4. The molecule has 0 saturated carbocycles. The Morgan fingerprint density at radius 3 is 3.12 bits per heavy atom. The molecule has 1 unspecified atom stereocenters. The molecule has 0 bridgehead atoms. The van der Waals surface area contributed by atoms with Gasteiger partial charge in [-0.15, -0.1) is 0 Å². The molecular formula is C12H15BrN2O2. The monoisotopic (exact) mass is 298 g/mol. The summed E-state index contributed by atoms with van der Waals surface area (Å²) in [6, 6.07) is 3.75. The van der Waals surface area contributed by atoms with Gasteiger partial charge in [0.2, 0.25) is 0 Å². The molecule has 0 amide bonds. The third-order valence-corrected chi connectivity index (χ3v) is 3.24. The van der Waals surface area contributed by atoms with Gasteiger partial charge in [0, 0.05) is 29.5 Å². The summed E-state index contributed by atoms with van der Waals surface area (Å²) in [5.41, 5.74) is 0.787. The highest BCUT2D eigenvalue weighted by Gasteiger charge is 2.24. The number of morpholine rings is 1. The zero-order valence-corrected chi connectivity index (χ0v) is 11.3. The van der Waals surface area contributed by atoms with Gasteiger partial charge >= 0.3 is 0 Å². The lowest BCUT2D eigenvalue weighted by atomic mass is 10.1. The Morgan fingerprint density at radius 1 is 1.65 bits per heavy atom. The number of pyridine rings is 1. The molecule has 2 heterocycles. The van der Waals surface area contributed by atoms with E-state index in [4.69, 9.17) is 4.74 Å². The van der Waals surface area contributed by atoms with Gasteiger partial charge in [-0.3, -0.25) is 9.78 Å². The van der Waals surface area contributed by atoms with Crippen LogP contribution < -0.4 is 0 Å². The molecule has 1 aromatic heterocycles. The van der Waals surface area contributed by atoms with E-state index in [0.29, 0.717) is 19.6 Å². The van der Waals surface area contributed by atoms with Crippen molar-refractivity contribution in [1.29, 1.82) is 0 Å². The van der Waals surface area contributed by atoms with Crippen LogP contribution in [-0.4, -0.2) is 48.5 Å². The molecule has 1 aromatic rings. The van der Waals surface area contributed by atoms with Gasteiger partial charge in [-0.1, -0.05) is 0 Å². The van der Waals surface area contributed by atoms with Crippen LogP contribution in [0, 0.1) is 0 Å². The lowest BCUT2D eigenvalue weighted by Gasteiger charge is -2.28. The van der Waals surface area contributed by atoms with Gasteiger partial charge in [-0.25, -0.2) is 0 Å².